The highest BCUT2D eigenvalue weighted by Crippen LogP contribution is 2.28. The fourth-order valence-electron chi connectivity index (χ4n) is 3.27. The van der Waals surface area contributed by atoms with Crippen LogP contribution < -0.4 is 19.9 Å². The Kier molecular flexibility index (Phi) is 5.28. The van der Waals surface area contributed by atoms with Gasteiger partial charge in [-0.3, -0.25) is 4.79 Å². The lowest BCUT2D eigenvalue weighted by atomic mass is 10.2. The number of para-hydroxylation sites is 2. The lowest BCUT2D eigenvalue weighted by Gasteiger charge is -2.36. The van der Waals surface area contributed by atoms with Crippen LogP contribution in [0.3, 0.4) is 0 Å². The summed E-state index contributed by atoms with van der Waals surface area (Å²) in [7, 11) is 1.68. The van der Waals surface area contributed by atoms with Gasteiger partial charge in [0.1, 0.15) is 17.2 Å². The van der Waals surface area contributed by atoms with Crippen molar-refractivity contribution in [1.29, 1.82) is 0 Å². The van der Waals surface area contributed by atoms with Crippen LogP contribution in [-0.4, -0.2) is 54.3 Å². The molecule has 9 heteroatoms. The van der Waals surface area contributed by atoms with E-state index in [4.69, 9.17) is 9.26 Å². The number of nitrogens with zero attached hydrogens (tertiary/aromatic N) is 5. The van der Waals surface area contributed by atoms with Gasteiger partial charge in [-0.1, -0.05) is 17.3 Å². The van der Waals surface area contributed by atoms with E-state index in [9.17, 15) is 4.79 Å². The highest BCUT2D eigenvalue weighted by Gasteiger charge is 2.22. The number of rotatable bonds is 5. The Hall–Kier alpha value is -3.62. The standard InChI is InChI=1S/C20H22N6O3/c1-14-13-18(24-29-14)23-19(27)15-7-8-21-20(22-15)26-11-9-25(10-12-26)16-5-3-4-6-17(16)28-2/h3-8,13H,9-12H2,1-2H3,(H,23,24,27). The third kappa shape index (κ3) is 4.13. The van der Waals surface area contributed by atoms with Gasteiger partial charge >= 0.3 is 0 Å². The normalized spacial score (nSPS) is 14.0. The van der Waals surface area contributed by atoms with Crippen molar-refractivity contribution in [3.8, 4) is 5.75 Å². The first-order valence-corrected chi connectivity index (χ1v) is 9.34. The zero-order chi connectivity index (χ0) is 20.2. The number of piperazine rings is 1. The number of benzene rings is 1. The summed E-state index contributed by atoms with van der Waals surface area (Å²) in [6.07, 6.45) is 1.60. The predicted molar refractivity (Wildman–Crippen MR) is 109 cm³/mol. The molecule has 9 nitrogen and oxygen atoms in total. The molecule has 150 valence electrons. The number of anilines is 3. The van der Waals surface area contributed by atoms with Gasteiger partial charge in [0.05, 0.1) is 12.8 Å². The van der Waals surface area contributed by atoms with Crippen LogP contribution in [0, 0.1) is 6.92 Å². The van der Waals surface area contributed by atoms with Crippen LogP contribution in [0.4, 0.5) is 17.5 Å². The quantitative estimate of drug-likeness (QED) is 0.704. The van der Waals surface area contributed by atoms with E-state index in [-0.39, 0.29) is 11.6 Å². The van der Waals surface area contributed by atoms with Crippen molar-refractivity contribution in [3.63, 3.8) is 0 Å². The lowest BCUT2D eigenvalue weighted by Crippen LogP contribution is -2.47. The summed E-state index contributed by atoms with van der Waals surface area (Å²) in [5, 5.41) is 6.44. The smallest absolute Gasteiger partial charge is 0.275 e. The van der Waals surface area contributed by atoms with E-state index in [1.165, 1.54) is 0 Å². The number of hydrogen-bond donors (Lipinski definition) is 1. The van der Waals surface area contributed by atoms with Gasteiger partial charge < -0.3 is 24.4 Å². The van der Waals surface area contributed by atoms with Crippen LogP contribution in [0.25, 0.3) is 0 Å². The minimum atomic E-state index is -0.352. The van der Waals surface area contributed by atoms with Crippen LogP contribution in [-0.2, 0) is 0 Å². The van der Waals surface area contributed by atoms with E-state index >= 15 is 0 Å². The van der Waals surface area contributed by atoms with Gasteiger partial charge in [0, 0.05) is 38.4 Å². The monoisotopic (exact) mass is 394 g/mol. The van der Waals surface area contributed by atoms with E-state index < -0.39 is 0 Å². The summed E-state index contributed by atoms with van der Waals surface area (Å²) >= 11 is 0. The van der Waals surface area contributed by atoms with Crippen molar-refractivity contribution in [2.45, 2.75) is 6.92 Å². The molecule has 0 unspecified atom stereocenters. The van der Waals surface area contributed by atoms with E-state index in [1.807, 2.05) is 18.2 Å². The fourth-order valence-corrected chi connectivity index (χ4v) is 3.27. The van der Waals surface area contributed by atoms with Crippen LogP contribution in [0.5, 0.6) is 5.75 Å². The van der Waals surface area contributed by atoms with Gasteiger partial charge in [-0.2, -0.15) is 0 Å². The summed E-state index contributed by atoms with van der Waals surface area (Å²) in [5.41, 5.74) is 1.36. The Morgan fingerprint density at radius 1 is 1.14 bits per heavy atom. The molecule has 1 fully saturated rings. The van der Waals surface area contributed by atoms with Gasteiger partial charge in [-0.25, -0.2) is 9.97 Å². The summed E-state index contributed by atoms with van der Waals surface area (Å²) in [6, 6.07) is 11.2. The first kappa shape index (κ1) is 18.7. The molecule has 4 rings (SSSR count). The molecule has 3 heterocycles. The Morgan fingerprint density at radius 2 is 1.90 bits per heavy atom. The second-order valence-corrected chi connectivity index (χ2v) is 6.66. The maximum atomic E-state index is 12.4. The molecule has 1 aliphatic rings. The number of ether oxygens (including phenoxy) is 1. The summed E-state index contributed by atoms with van der Waals surface area (Å²) in [5.74, 6) is 2.02. The van der Waals surface area contributed by atoms with Gasteiger partial charge in [-0.05, 0) is 25.1 Å². The average Bonchev–Trinajstić information content (AvgIpc) is 3.18. The highest BCUT2D eigenvalue weighted by molar-refractivity contribution is 6.02. The number of carbonyl (C=O) groups is 1. The largest absolute Gasteiger partial charge is 0.495 e. The average molecular weight is 394 g/mol. The minimum absolute atomic E-state index is 0.280. The Labute approximate surface area is 168 Å². The predicted octanol–water partition coefficient (Wildman–Crippen LogP) is 2.36. The maximum Gasteiger partial charge on any atom is 0.275 e. The van der Waals surface area contributed by atoms with Crippen molar-refractivity contribution < 1.29 is 14.1 Å². The molecule has 1 aliphatic heterocycles. The third-order valence-electron chi connectivity index (χ3n) is 4.73. The number of nitrogens with one attached hydrogen (secondary N) is 1. The molecule has 0 spiro atoms. The summed E-state index contributed by atoms with van der Waals surface area (Å²) in [4.78, 5) is 25.6. The molecule has 1 saturated heterocycles. The number of methoxy groups -OCH3 is 1. The maximum absolute atomic E-state index is 12.4. The van der Waals surface area contributed by atoms with Crippen molar-refractivity contribution >= 4 is 23.4 Å². The molecule has 0 atom stereocenters. The number of carbonyl (C=O) groups excluding carboxylic acids is 1. The molecule has 1 amide bonds. The van der Waals surface area contributed by atoms with Crippen LogP contribution in [0.2, 0.25) is 0 Å². The van der Waals surface area contributed by atoms with Gasteiger partial charge in [0.2, 0.25) is 5.95 Å². The molecule has 1 N–H and O–H groups in total. The highest BCUT2D eigenvalue weighted by atomic mass is 16.5. The van der Waals surface area contributed by atoms with Crippen molar-refractivity contribution in [3.05, 3.63) is 54.0 Å². The van der Waals surface area contributed by atoms with E-state index in [0.717, 1.165) is 37.6 Å². The molecule has 29 heavy (non-hydrogen) atoms. The molecule has 0 bridgehead atoms. The van der Waals surface area contributed by atoms with Crippen molar-refractivity contribution in [1.82, 2.24) is 15.1 Å². The SMILES string of the molecule is COc1ccccc1N1CCN(c2nccc(C(=O)Nc3cc(C)on3)n2)CC1. The van der Waals surface area contributed by atoms with E-state index in [1.54, 1.807) is 32.4 Å². The molecular formula is C20H22N6O3. The second-order valence-electron chi connectivity index (χ2n) is 6.66. The van der Waals surface area contributed by atoms with Gasteiger partial charge in [-0.15, -0.1) is 0 Å². The van der Waals surface area contributed by atoms with Crippen LogP contribution in [0.1, 0.15) is 16.2 Å². The topological polar surface area (TPSA) is 96.6 Å². The Balaban J connectivity index is 1.42. The van der Waals surface area contributed by atoms with Gasteiger partial charge in [0.25, 0.3) is 5.91 Å². The number of aromatic nitrogens is 3. The first-order valence-electron chi connectivity index (χ1n) is 9.34. The lowest BCUT2D eigenvalue weighted by molar-refractivity contribution is 0.102. The molecule has 0 saturated carbocycles. The van der Waals surface area contributed by atoms with Crippen molar-refractivity contribution in [2.24, 2.45) is 0 Å². The number of amides is 1. The molecule has 0 aliphatic carbocycles. The van der Waals surface area contributed by atoms with Crippen LogP contribution in [0.15, 0.2) is 47.1 Å². The molecule has 3 aromatic rings. The molecule has 1 aromatic carbocycles. The Bertz CT molecular complexity index is 997. The zero-order valence-corrected chi connectivity index (χ0v) is 16.3. The second kappa shape index (κ2) is 8.17. The zero-order valence-electron chi connectivity index (χ0n) is 16.3. The van der Waals surface area contributed by atoms with E-state index in [0.29, 0.717) is 17.5 Å². The Morgan fingerprint density at radius 3 is 2.62 bits per heavy atom. The van der Waals surface area contributed by atoms with Crippen molar-refractivity contribution in [2.75, 3.05) is 48.4 Å². The first-order chi connectivity index (χ1) is 14.1. The molecule has 2 aromatic heterocycles. The third-order valence-corrected chi connectivity index (χ3v) is 4.73. The molecule has 0 radical (unpaired) electrons. The van der Waals surface area contributed by atoms with E-state index in [2.05, 4.69) is 36.3 Å². The number of hydrogen-bond acceptors (Lipinski definition) is 8. The minimum Gasteiger partial charge on any atom is -0.495 e. The fraction of sp³-hybridized carbons (Fsp3) is 0.300. The number of aryl methyl sites for hydroxylation is 1. The van der Waals surface area contributed by atoms with Gasteiger partial charge in [0.15, 0.2) is 5.82 Å². The summed E-state index contributed by atoms with van der Waals surface area (Å²) < 4.78 is 10.4. The molecular weight excluding hydrogens is 372 g/mol. The van der Waals surface area contributed by atoms with Crippen LogP contribution >= 0.6 is 0 Å². The summed E-state index contributed by atoms with van der Waals surface area (Å²) in [6.45, 7) is 4.85.